The van der Waals surface area contributed by atoms with Gasteiger partial charge in [0.15, 0.2) is 0 Å². The van der Waals surface area contributed by atoms with E-state index in [4.69, 9.17) is 9.47 Å². The van der Waals surface area contributed by atoms with Crippen LogP contribution in [0.5, 0.6) is 0 Å². The normalized spacial score (nSPS) is 22.4. The minimum atomic E-state index is -0.518. The van der Waals surface area contributed by atoms with Gasteiger partial charge < -0.3 is 9.47 Å². The molecule has 1 saturated heterocycles. The third-order valence-corrected chi connectivity index (χ3v) is 5.28. The molecule has 3 unspecified atom stereocenters. The summed E-state index contributed by atoms with van der Waals surface area (Å²) in [6.45, 7) is 9.23. The number of hydrogen-bond acceptors (Lipinski definition) is 3. The minimum Gasteiger partial charge on any atom is -0.444 e. The van der Waals surface area contributed by atoms with E-state index in [0.29, 0.717) is 13.2 Å². The maximum absolute atomic E-state index is 12.9. The van der Waals surface area contributed by atoms with Gasteiger partial charge in [-0.3, -0.25) is 4.90 Å². The van der Waals surface area contributed by atoms with Gasteiger partial charge in [-0.05, 0) is 51.2 Å². The lowest BCUT2D eigenvalue weighted by Gasteiger charge is -2.42. The summed E-state index contributed by atoms with van der Waals surface area (Å²) in [5.74, 6) is 0.273. The third-order valence-electron chi connectivity index (χ3n) is 5.28. The maximum atomic E-state index is 12.9. The van der Waals surface area contributed by atoms with Crippen LogP contribution in [0.4, 0.5) is 4.79 Å². The van der Waals surface area contributed by atoms with Gasteiger partial charge in [-0.1, -0.05) is 55.5 Å². The molecule has 1 aliphatic carbocycles. The lowest BCUT2D eigenvalue weighted by atomic mass is 9.78. The van der Waals surface area contributed by atoms with Crippen molar-refractivity contribution in [3.8, 4) is 0 Å². The van der Waals surface area contributed by atoms with Crippen LogP contribution in [0.2, 0.25) is 0 Å². The fraction of sp³-hybridized carbons (Fsp3) is 0.542. The summed E-state index contributed by atoms with van der Waals surface area (Å²) in [5.41, 5.74) is 2.05. The Morgan fingerprint density at radius 3 is 2.61 bits per heavy atom. The highest BCUT2D eigenvalue weighted by Gasteiger charge is 2.39. The molecule has 1 aliphatic heterocycles. The van der Waals surface area contributed by atoms with Crippen LogP contribution < -0.4 is 0 Å². The fourth-order valence-electron chi connectivity index (χ4n) is 4.10. The molecule has 0 N–H and O–H groups in total. The highest BCUT2D eigenvalue weighted by atomic mass is 16.6. The van der Waals surface area contributed by atoms with Crippen LogP contribution >= 0.6 is 0 Å². The number of carbonyl (C=O) groups excluding carboxylic acids is 1. The molecular weight excluding hydrogens is 350 g/mol. The van der Waals surface area contributed by atoms with Gasteiger partial charge in [0.25, 0.3) is 0 Å². The molecule has 1 aromatic carbocycles. The van der Waals surface area contributed by atoms with Crippen LogP contribution in [-0.2, 0) is 9.47 Å². The molecule has 28 heavy (non-hydrogen) atoms. The molecule has 0 aromatic heterocycles. The van der Waals surface area contributed by atoms with Crippen molar-refractivity contribution in [3.05, 3.63) is 59.7 Å². The standard InChI is InChI=1S/C24H33NO3/c1-18(22-25(16-11-17-27-22)23(26)28-24(2,3)4)21(19-12-7-5-8-13-19)20-14-9-6-10-15-20/h5,7-9,12-15,18,21-22H,6,10-11,16-17H2,1-4H3. The number of hydrogen-bond donors (Lipinski definition) is 0. The zero-order valence-electron chi connectivity index (χ0n) is 17.6. The van der Waals surface area contributed by atoms with E-state index in [9.17, 15) is 4.79 Å². The summed E-state index contributed by atoms with van der Waals surface area (Å²) >= 11 is 0. The van der Waals surface area contributed by atoms with Crippen molar-refractivity contribution in [2.45, 2.75) is 64.7 Å². The SMILES string of the molecule is CC(C(C1=CCCC=C1)c1ccccc1)C1OCCCN1C(=O)OC(C)(C)C. The number of carbonyl (C=O) groups is 1. The van der Waals surface area contributed by atoms with Crippen molar-refractivity contribution in [2.24, 2.45) is 5.92 Å². The van der Waals surface area contributed by atoms with E-state index in [2.05, 4.69) is 49.4 Å². The number of nitrogens with zero attached hydrogens (tertiary/aromatic N) is 1. The lowest BCUT2D eigenvalue weighted by Crippen LogP contribution is -2.52. The molecule has 1 amide bonds. The van der Waals surface area contributed by atoms with Gasteiger partial charge in [0.2, 0.25) is 0 Å². The molecule has 0 saturated carbocycles. The summed E-state index contributed by atoms with van der Waals surface area (Å²) < 4.78 is 11.8. The van der Waals surface area contributed by atoms with E-state index in [1.165, 1.54) is 11.1 Å². The molecule has 2 aliphatic rings. The topological polar surface area (TPSA) is 38.8 Å². The van der Waals surface area contributed by atoms with E-state index in [1.807, 2.05) is 26.8 Å². The van der Waals surface area contributed by atoms with Crippen molar-refractivity contribution in [1.82, 2.24) is 4.90 Å². The summed E-state index contributed by atoms with van der Waals surface area (Å²) in [5, 5.41) is 0. The second kappa shape index (κ2) is 8.95. The predicted molar refractivity (Wildman–Crippen MR) is 112 cm³/mol. The van der Waals surface area contributed by atoms with Crippen molar-refractivity contribution in [1.29, 1.82) is 0 Å². The Morgan fingerprint density at radius 2 is 1.96 bits per heavy atom. The van der Waals surface area contributed by atoms with Crippen LogP contribution in [0.3, 0.4) is 0 Å². The zero-order valence-corrected chi connectivity index (χ0v) is 17.6. The molecule has 0 bridgehead atoms. The summed E-state index contributed by atoms with van der Waals surface area (Å²) in [7, 11) is 0. The monoisotopic (exact) mass is 383 g/mol. The Hall–Kier alpha value is -2.07. The number of rotatable bonds is 4. The quantitative estimate of drug-likeness (QED) is 0.673. The van der Waals surface area contributed by atoms with Crippen molar-refractivity contribution >= 4 is 6.09 Å². The van der Waals surface area contributed by atoms with Crippen LogP contribution in [0, 0.1) is 5.92 Å². The van der Waals surface area contributed by atoms with Crippen LogP contribution in [0.15, 0.2) is 54.1 Å². The highest BCUT2D eigenvalue weighted by Crippen LogP contribution is 2.39. The fourth-order valence-corrected chi connectivity index (χ4v) is 4.10. The van der Waals surface area contributed by atoms with Crippen molar-refractivity contribution in [2.75, 3.05) is 13.2 Å². The molecule has 0 radical (unpaired) electrons. The molecule has 4 heteroatoms. The van der Waals surface area contributed by atoms with Crippen molar-refractivity contribution in [3.63, 3.8) is 0 Å². The average molecular weight is 384 g/mol. The van der Waals surface area contributed by atoms with E-state index in [1.54, 1.807) is 4.90 Å². The molecule has 1 fully saturated rings. The molecule has 3 rings (SSSR count). The Labute approximate surface area is 169 Å². The first-order valence-electron chi connectivity index (χ1n) is 10.4. The Bertz CT molecular complexity index is 717. The van der Waals surface area contributed by atoms with Gasteiger partial charge >= 0.3 is 6.09 Å². The molecule has 3 atom stereocenters. The molecule has 1 heterocycles. The zero-order chi connectivity index (χ0) is 20.1. The summed E-state index contributed by atoms with van der Waals surface area (Å²) in [6.07, 6.45) is 9.19. The molecule has 4 nitrogen and oxygen atoms in total. The van der Waals surface area contributed by atoms with Gasteiger partial charge in [-0.2, -0.15) is 0 Å². The molecule has 152 valence electrons. The first-order valence-corrected chi connectivity index (χ1v) is 10.4. The number of amides is 1. The van der Waals surface area contributed by atoms with Crippen molar-refractivity contribution < 1.29 is 14.3 Å². The van der Waals surface area contributed by atoms with Gasteiger partial charge in [0.05, 0.1) is 6.61 Å². The first-order chi connectivity index (χ1) is 13.4. The van der Waals surface area contributed by atoms with Crippen LogP contribution in [-0.4, -0.2) is 36.0 Å². The van der Waals surface area contributed by atoms with Crippen LogP contribution in [0.25, 0.3) is 0 Å². The lowest BCUT2D eigenvalue weighted by molar-refractivity contribution is -0.121. The van der Waals surface area contributed by atoms with E-state index in [0.717, 1.165) is 19.3 Å². The summed E-state index contributed by atoms with van der Waals surface area (Å²) in [6, 6.07) is 10.5. The number of allylic oxidation sites excluding steroid dienone is 4. The van der Waals surface area contributed by atoms with E-state index in [-0.39, 0.29) is 24.2 Å². The van der Waals surface area contributed by atoms with Gasteiger partial charge in [-0.15, -0.1) is 0 Å². The van der Waals surface area contributed by atoms with E-state index < -0.39 is 5.60 Å². The maximum Gasteiger partial charge on any atom is 0.412 e. The Balaban J connectivity index is 1.89. The minimum absolute atomic E-state index is 0.101. The second-order valence-electron chi connectivity index (χ2n) is 8.72. The summed E-state index contributed by atoms with van der Waals surface area (Å²) in [4.78, 5) is 14.6. The predicted octanol–water partition coefficient (Wildman–Crippen LogP) is 5.67. The smallest absolute Gasteiger partial charge is 0.412 e. The first kappa shape index (κ1) is 20.7. The molecule has 0 spiro atoms. The van der Waals surface area contributed by atoms with E-state index >= 15 is 0 Å². The average Bonchev–Trinajstić information content (AvgIpc) is 2.68. The molecular formula is C24H33NO3. The Morgan fingerprint density at radius 1 is 1.21 bits per heavy atom. The third kappa shape index (κ3) is 5.05. The second-order valence-corrected chi connectivity index (χ2v) is 8.72. The highest BCUT2D eigenvalue weighted by molar-refractivity contribution is 5.68. The van der Waals surface area contributed by atoms with Crippen LogP contribution in [0.1, 0.15) is 58.4 Å². The number of ether oxygens (including phenoxy) is 2. The Kier molecular flexibility index (Phi) is 6.61. The van der Waals surface area contributed by atoms with Gasteiger partial charge in [0, 0.05) is 18.4 Å². The molecule has 1 aromatic rings. The van der Waals surface area contributed by atoms with Gasteiger partial charge in [0.1, 0.15) is 11.8 Å². The number of benzene rings is 1. The van der Waals surface area contributed by atoms with Gasteiger partial charge in [-0.25, -0.2) is 4.79 Å². The largest absolute Gasteiger partial charge is 0.444 e.